The number of carbonyl (C=O) groups excluding carboxylic acids is 3. The van der Waals surface area contributed by atoms with Crippen molar-refractivity contribution >= 4 is 56.7 Å². The zero-order valence-electron chi connectivity index (χ0n) is 14.1. The molecule has 0 heterocycles. The quantitative estimate of drug-likeness (QED) is 0.364. The van der Waals surface area contributed by atoms with Crippen LogP contribution in [0, 0.1) is 10.1 Å². The lowest BCUT2D eigenvalue weighted by molar-refractivity contribution is -0.383. The van der Waals surface area contributed by atoms with Crippen LogP contribution in [0.5, 0.6) is 0 Å². The second-order valence-electron chi connectivity index (χ2n) is 5.32. The van der Waals surface area contributed by atoms with Crippen LogP contribution < -0.4 is 10.6 Å². The molecule has 146 valence electrons. The second-order valence-corrected chi connectivity index (χ2v) is 6.67. The minimum Gasteiger partial charge on any atom is -0.454 e. The van der Waals surface area contributed by atoms with E-state index in [4.69, 9.17) is 16.3 Å². The zero-order chi connectivity index (χ0) is 20.7. The van der Waals surface area contributed by atoms with Crippen molar-refractivity contribution < 1.29 is 24.0 Å². The molecule has 0 spiro atoms. The van der Waals surface area contributed by atoms with E-state index >= 15 is 0 Å². The molecule has 0 fully saturated rings. The molecule has 2 rings (SSSR count). The number of esters is 1. The molecule has 28 heavy (non-hydrogen) atoms. The maximum atomic E-state index is 11.9. The van der Waals surface area contributed by atoms with Crippen LogP contribution in [0.3, 0.4) is 0 Å². The van der Waals surface area contributed by atoms with Crippen LogP contribution in [0.1, 0.15) is 10.4 Å². The highest BCUT2D eigenvalue weighted by molar-refractivity contribution is 9.10. The van der Waals surface area contributed by atoms with Gasteiger partial charge in [0, 0.05) is 21.1 Å². The first-order chi connectivity index (χ1) is 13.3. The molecule has 0 bridgehead atoms. The predicted octanol–water partition coefficient (Wildman–Crippen LogP) is 2.92. The van der Waals surface area contributed by atoms with Gasteiger partial charge in [-0.1, -0.05) is 27.5 Å². The van der Waals surface area contributed by atoms with Crippen molar-refractivity contribution in [3.05, 3.63) is 67.6 Å². The maximum Gasteiger partial charge on any atom is 0.325 e. The summed E-state index contributed by atoms with van der Waals surface area (Å²) < 4.78 is 5.54. The number of amides is 2. The van der Waals surface area contributed by atoms with Gasteiger partial charge in [0.1, 0.15) is 12.2 Å². The number of rotatable bonds is 7. The molecule has 11 heteroatoms. The highest BCUT2D eigenvalue weighted by atomic mass is 79.9. The summed E-state index contributed by atoms with van der Waals surface area (Å²) in [6.45, 7) is -1.13. The number of nitro benzene ring substituents is 1. The number of nitro groups is 1. The minimum absolute atomic E-state index is 0.123. The van der Waals surface area contributed by atoms with Gasteiger partial charge in [0.2, 0.25) is 0 Å². The van der Waals surface area contributed by atoms with Crippen LogP contribution in [-0.2, 0) is 14.3 Å². The first-order valence-electron chi connectivity index (χ1n) is 7.69. The van der Waals surface area contributed by atoms with E-state index in [0.29, 0.717) is 5.56 Å². The third kappa shape index (κ3) is 6.32. The number of hydrogen-bond acceptors (Lipinski definition) is 6. The molecule has 2 aromatic rings. The molecular formula is C17H13BrClN3O6. The number of hydrogen-bond donors (Lipinski definition) is 2. The van der Waals surface area contributed by atoms with E-state index in [-0.39, 0.29) is 16.4 Å². The number of nitrogens with zero attached hydrogens (tertiary/aromatic N) is 1. The van der Waals surface area contributed by atoms with Crippen LogP contribution >= 0.6 is 27.5 Å². The van der Waals surface area contributed by atoms with Gasteiger partial charge >= 0.3 is 5.97 Å². The van der Waals surface area contributed by atoms with Crippen molar-refractivity contribution in [1.29, 1.82) is 0 Å². The van der Waals surface area contributed by atoms with Crippen LogP contribution in [0.25, 0.3) is 0 Å². The fourth-order valence-electron chi connectivity index (χ4n) is 2.01. The summed E-state index contributed by atoms with van der Waals surface area (Å²) in [6, 6.07) is 10.1. The summed E-state index contributed by atoms with van der Waals surface area (Å²) in [5, 5.41) is 15.7. The third-order valence-corrected chi connectivity index (χ3v) is 4.06. The minimum atomic E-state index is -0.846. The van der Waals surface area contributed by atoms with E-state index in [2.05, 4.69) is 26.6 Å². The van der Waals surface area contributed by atoms with Gasteiger partial charge in [-0.05, 0) is 36.4 Å². The fourth-order valence-corrected chi connectivity index (χ4v) is 2.44. The highest BCUT2D eigenvalue weighted by Gasteiger charge is 2.17. The Bertz CT molecular complexity index is 920. The lowest BCUT2D eigenvalue weighted by Gasteiger charge is -2.08. The third-order valence-electron chi connectivity index (χ3n) is 3.29. The van der Waals surface area contributed by atoms with Crippen LogP contribution in [0.15, 0.2) is 46.9 Å². The van der Waals surface area contributed by atoms with Crippen molar-refractivity contribution in [1.82, 2.24) is 5.32 Å². The van der Waals surface area contributed by atoms with Gasteiger partial charge in [-0.25, -0.2) is 0 Å². The monoisotopic (exact) mass is 469 g/mol. The van der Waals surface area contributed by atoms with Crippen LogP contribution in [-0.4, -0.2) is 35.9 Å². The van der Waals surface area contributed by atoms with Crippen LogP contribution in [0.2, 0.25) is 5.02 Å². The lowest BCUT2D eigenvalue weighted by atomic mass is 10.2. The molecule has 0 aromatic heterocycles. The Balaban J connectivity index is 1.82. The summed E-state index contributed by atoms with van der Waals surface area (Å²) in [5.41, 5.74) is -0.130. The summed E-state index contributed by atoms with van der Waals surface area (Å²) in [7, 11) is 0. The summed E-state index contributed by atoms with van der Waals surface area (Å²) >= 11 is 9.00. The molecule has 0 aliphatic carbocycles. The zero-order valence-corrected chi connectivity index (χ0v) is 16.5. The molecule has 0 saturated heterocycles. The average molecular weight is 471 g/mol. The highest BCUT2D eigenvalue weighted by Crippen LogP contribution is 2.27. The molecule has 2 N–H and O–H groups in total. The summed E-state index contributed by atoms with van der Waals surface area (Å²) in [5.74, 6) is -2.12. The van der Waals surface area contributed by atoms with Gasteiger partial charge in [0.25, 0.3) is 17.5 Å². The molecular weight excluding hydrogens is 458 g/mol. The fraction of sp³-hybridized carbons (Fsp3) is 0.118. The molecule has 0 aliphatic rings. The Morgan fingerprint density at radius 1 is 1.14 bits per heavy atom. The molecule has 2 aromatic carbocycles. The standard InChI is InChI=1S/C17H13BrClN3O6/c18-11-3-1-10(2-4-11)17(25)20-8-16(24)28-9-15(23)21-13-7-12(19)5-6-14(13)22(26)27/h1-7H,8-9H2,(H,20,25)(H,21,23). The van der Waals surface area contributed by atoms with Gasteiger partial charge in [-0.15, -0.1) is 0 Å². The molecule has 9 nitrogen and oxygen atoms in total. The first-order valence-corrected chi connectivity index (χ1v) is 8.86. The Hall–Kier alpha value is -2.98. The molecule has 2 amide bonds. The van der Waals surface area contributed by atoms with Gasteiger partial charge < -0.3 is 15.4 Å². The van der Waals surface area contributed by atoms with E-state index in [1.54, 1.807) is 24.3 Å². The van der Waals surface area contributed by atoms with E-state index < -0.39 is 35.9 Å². The SMILES string of the molecule is O=C(COC(=O)CNC(=O)c1ccc(Br)cc1)Nc1cc(Cl)ccc1[N+](=O)[O-]. The number of halogens is 2. The van der Waals surface area contributed by atoms with E-state index in [1.807, 2.05) is 0 Å². The van der Waals surface area contributed by atoms with Crippen molar-refractivity contribution in [3.8, 4) is 0 Å². The van der Waals surface area contributed by atoms with Gasteiger partial charge in [-0.2, -0.15) is 0 Å². The van der Waals surface area contributed by atoms with E-state index in [1.165, 1.54) is 12.1 Å². The predicted molar refractivity (Wildman–Crippen MR) is 104 cm³/mol. The number of carbonyl (C=O) groups is 3. The molecule has 0 atom stereocenters. The molecule has 0 unspecified atom stereocenters. The number of benzene rings is 2. The molecule has 0 aliphatic heterocycles. The second kappa shape index (κ2) is 9.81. The summed E-state index contributed by atoms with van der Waals surface area (Å²) in [4.78, 5) is 45.7. The Kier molecular flexibility index (Phi) is 7.47. The number of anilines is 1. The lowest BCUT2D eigenvalue weighted by Crippen LogP contribution is -2.32. The van der Waals surface area contributed by atoms with Crippen LogP contribution in [0.4, 0.5) is 11.4 Å². The van der Waals surface area contributed by atoms with Crippen molar-refractivity contribution in [2.24, 2.45) is 0 Å². The largest absolute Gasteiger partial charge is 0.454 e. The van der Waals surface area contributed by atoms with Gasteiger partial charge in [0.15, 0.2) is 6.61 Å². The van der Waals surface area contributed by atoms with Gasteiger partial charge in [0.05, 0.1) is 4.92 Å². The molecule has 0 radical (unpaired) electrons. The van der Waals surface area contributed by atoms with Crippen molar-refractivity contribution in [3.63, 3.8) is 0 Å². The smallest absolute Gasteiger partial charge is 0.325 e. The molecule has 0 saturated carbocycles. The topological polar surface area (TPSA) is 128 Å². The first kappa shape index (κ1) is 21.3. The normalized spacial score (nSPS) is 10.1. The van der Waals surface area contributed by atoms with E-state index in [9.17, 15) is 24.5 Å². The Morgan fingerprint density at radius 3 is 2.46 bits per heavy atom. The average Bonchev–Trinajstić information content (AvgIpc) is 2.64. The Labute approximate surface area is 172 Å². The number of nitrogens with one attached hydrogen (secondary N) is 2. The van der Waals surface area contributed by atoms with Crippen molar-refractivity contribution in [2.45, 2.75) is 0 Å². The number of ether oxygens (including phenoxy) is 1. The van der Waals surface area contributed by atoms with Gasteiger partial charge in [-0.3, -0.25) is 24.5 Å². The maximum absolute atomic E-state index is 11.9. The summed E-state index contributed by atoms with van der Waals surface area (Å²) in [6.07, 6.45) is 0. The van der Waals surface area contributed by atoms with Crippen molar-refractivity contribution in [2.75, 3.05) is 18.5 Å². The van der Waals surface area contributed by atoms with E-state index in [0.717, 1.165) is 10.5 Å². The Morgan fingerprint density at radius 2 is 1.82 bits per heavy atom.